The van der Waals surface area contributed by atoms with Crippen molar-refractivity contribution in [1.82, 2.24) is 0 Å². The van der Waals surface area contributed by atoms with E-state index in [4.69, 9.17) is 9.47 Å². The predicted molar refractivity (Wildman–Crippen MR) is 71.8 cm³/mol. The first-order chi connectivity index (χ1) is 8.61. The van der Waals surface area contributed by atoms with E-state index in [0.29, 0.717) is 6.61 Å². The van der Waals surface area contributed by atoms with Gasteiger partial charge in [-0.25, -0.2) is 0 Å². The normalized spacial score (nSPS) is 12.3. The fourth-order valence-electron chi connectivity index (χ4n) is 1.97. The lowest BCUT2D eigenvalue weighted by Gasteiger charge is -2.21. The Balaban J connectivity index is 3.07. The molecule has 0 aliphatic carbocycles. The van der Waals surface area contributed by atoms with Gasteiger partial charge in [0.05, 0.1) is 19.6 Å². The maximum atomic E-state index is 11.9. The minimum absolute atomic E-state index is 0.170. The summed E-state index contributed by atoms with van der Waals surface area (Å²) in [7, 11) is 1.42. The number of hydrogen-bond acceptors (Lipinski definition) is 3. The molecule has 0 N–H and O–H groups in total. The second-order valence-corrected chi connectivity index (χ2v) is 4.63. The van der Waals surface area contributed by atoms with Crippen LogP contribution >= 0.6 is 0 Å². The molecule has 0 saturated heterocycles. The molecule has 1 aromatic carbocycles. The summed E-state index contributed by atoms with van der Waals surface area (Å²) in [5.41, 5.74) is 0.910. The summed E-state index contributed by atoms with van der Waals surface area (Å²) >= 11 is 0. The molecule has 3 nitrogen and oxygen atoms in total. The van der Waals surface area contributed by atoms with Gasteiger partial charge < -0.3 is 9.47 Å². The molecule has 0 aliphatic heterocycles. The SMILES string of the molecule is CCCOc1ccccc1C(C(=O)OC)C(C)C. The van der Waals surface area contributed by atoms with Gasteiger partial charge >= 0.3 is 5.97 Å². The van der Waals surface area contributed by atoms with Crippen LogP contribution in [0.1, 0.15) is 38.7 Å². The Kier molecular flexibility index (Phi) is 5.69. The van der Waals surface area contributed by atoms with Crippen molar-refractivity contribution in [2.24, 2.45) is 5.92 Å². The Morgan fingerprint density at radius 2 is 1.94 bits per heavy atom. The van der Waals surface area contributed by atoms with Crippen molar-refractivity contribution in [2.75, 3.05) is 13.7 Å². The van der Waals surface area contributed by atoms with Crippen LogP contribution in [-0.2, 0) is 9.53 Å². The molecule has 1 rings (SSSR count). The zero-order valence-corrected chi connectivity index (χ0v) is 11.6. The van der Waals surface area contributed by atoms with E-state index < -0.39 is 0 Å². The van der Waals surface area contributed by atoms with E-state index in [9.17, 15) is 4.79 Å². The van der Waals surface area contributed by atoms with Crippen LogP contribution in [0.5, 0.6) is 5.75 Å². The molecule has 0 aromatic heterocycles. The third-order valence-corrected chi connectivity index (χ3v) is 2.84. The molecule has 0 amide bonds. The number of para-hydroxylation sites is 1. The molecule has 1 aromatic rings. The average Bonchev–Trinajstić information content (AvgIpc) is 2.37. The largest absolute Gasteiger partial charge is 0.493 e. The predicted octanol–water partition coefficient (Wildman–Crippen LogP) is 3.39. The number of ether oxygens (including phenoxy) is 2. The summed E-state index contributed by atoms with van der Waals surface area (Å²) in [4.78, 5) is 11.9. The van der Waals surface area contributed by atoms with Crippen LogP contribution in [0, 0.1) is 5.92 Å². The minimum atomic E-state index is -0.275. The monoisotopic (exact) mass is 250 g/mol. The van der Waals surface area contributed by atoms with Gasteiger partial charge in [0.2, 0.25) is 0 Å². The smallest absolute Gasteiger partial charge is 0.313 e. The van der Waals surface area contributed by atoms with Gasteiger partial charge in [0.15, 0.2) is 0 Å². The first-order valence-corrected chi connectivity index (χ1v) is 6.41. The second kappa shape index (κ2) is 7.04. The van der Waals surface area contributed by atoms with Crippen LogP contribution in [0.3, 0.4) is 0 Å². The summed E-state index contributed by atoms with van der Waals surface area (Å²) in [6.45, 7) is 6.74. The molecule has 1 unspecified atom stereocenters. The van der Waals surface area contributed by atoms with E-state index in [1.807, 2.05) is 38.1 Å². The molecule has 0 aliphatic rings. The van der Waals surface area contributed by atoms with Gasteiger partial charge in [0.25, 0.3) is 0 Å². The van der Waals surface area contributed by atoms with E-state index in [2.05, 4.69) is 6.92 Å². The summed E-state index contributed by atoms with van der Waals surface area (Å²) in [6.07, 6.45) is 0.943. The number of rotatable bonds is 6. The van der Waals surface area contributed by atoms with Crippen LogP contribution in [0.2, 0.25) is 0 Å². The molecule has 0 heterocycles. The second-order valence-electron chi connectivity index (χ2n) is 4.63. The van der Waals surface area contributed by atoms with Crippen LogP contribution in [0.4, 0.5) is 0 Å². The maximum Gasteiger partial charge on any atom is 0.313 e. The highest BCUT2D eigenvalue weighted by molar-refractivity contribution is 5.79. The fraction of sp³-hybridized carbons (Fsp3) is 0.533. The van der Waals surface area contributed by atoms with Gasteiger partial charge in [-0.2, -0.15) is 0 Å². The van der Waals surface area contributed by atoms with Gasteiger partial charge in [-0.05, 0) is 18.4 Å². The van der Waals surface area contributed by atoms with E-state index in [1.54, 1.807) is 0 Å². The van der Waals surface area contributed by atoms with Crippen molar-refractivity contribution in [3.8, 4) is 5.75 Å². The van der Waals surface area contributed by atoms with E-state index in [-0.39, 0.29) is 17.8 Å². The average molecular weight is 250 g/mol. The van der Waals surface area contributed by atoms with Crippen LogP contribution in [0.25, 0.3) is 0 Å². The molecule has 18 heavy (non-hydrogen) atoms. The van der Waals surface area contributed by atoms with E-state index in [1.165, 1.54) is 7.11 Å². The van der Waals surface area contributed by atoms with Crippen LogP contribution in [0.15, 0.2) is 24.3 Å². The molecular formula is C15H22O3. The zero-order chi connectivity index (χ0) is 13.5. The van der Waals surface area contributed by atoms with Gasteiger partial charge in [-0.15, -0.1) is 0 Å². The van der Waals surface area contributed by atoms with Crippen molar-refractivity contribution >= 4 is 5.97 Å². The molecule has 0 bridgehead atoms. The highest BCUT2D eigenvalue weighted by Crippen LogP contribution is 2.32. The van der Waals surface area contributed by atoms with Gasteiger partial charge in [-0.3, -0.25) is 4.79 Å². The number of esters is 1. The first kappa shape index (κ1) is 14.6. The molecule has 100 valence electrons. The number of hydrogen-bond donors (Lipinski definition) is 0. The summed E-state index contributed by atoms with van der Waals surface area (Å²) < 4.78 is 10.6. The number of carbonyl (C=O) groups excluding carboxylic acids is 1. The lowest BCUT2D eigenvalue weighted by Crippen LogP contribution is -2.20. The maximum absolute atomic E-state index is 11.9. The Morgan fingerprint density at radius 3 is 2.50 bits per heavy atom. The highest BCUT2D eigenvalue weighted by atomic mass is 16.5. The third kappa shape index (κ3) is 3.49. The van der Waals surface area contributed by atoms with Crippen LogP contribution < -0.4 is 4.74 Å². The third-order valence-electron chi connectivity index (χ3n) is 2.84. The lowest BCUT2D eigenvalue weighted by atomic mass is 9.88. The van der Waals surface area contributed by atoms with Gasteiger partial charge in [0, 0.05) is 5.56 Å². The molecule has 3 heteroatoms. The summed E-state index contributed by atoms with van der Waals surface area (Å²) in [5.74, 6) is 0.466. The van der Waals surface area contributed by atoms with E-state index in [0.717, 1.165) is 17.7 Å². The number of benzene rings is 1. The van der Waals surface area contributed by atoms with Crippen molar-refractivity contribution in [2.45, 2.75) is 33.1 Å². The topological polar surface area (TPSA) is 35.5 Å². The Labute approximate surface area is 109 Å². The zero-order valence-electron chi connectivity index (χ0n) is 11.6. The summed E-state index contributed by atoms with van der Waals surface area (Å²) in [6, 6.07) is 7.69. The molecular weight excluding hydrogens is 228 g/mol. The van der Waals surface area contributed by atoms with Crippen molar-refractivity contribution in [3.63, 3.8) is 0 Å². The van der Waals surface area contributed by atoms with E-state index >= 15 is 0 Å². The Hall–Kier alpha value is -1.51. The molecule has 0 spiro atoms. The Morgan fingerprint density at radius 1 is 1.28 bits per heavy atom. The summed E-state index contributed by atoms with van der Waals surface area (Å²) in [5, 5.41) is 0. The lowest BCUT2D eigenvalue weighted by molar-refractivity contribution is -0.143. The Bertz CT molecular complexity index is 385. The highest BCUT2D eigenvalue weighted by Gasteiger charge is 2.27. The quantitative estimate of drug-likeness (QED) is 0.726. The molecule has 0 saturated carbocycles. The van der Waals surface area contributed by atoms with Gasteiger partial charge in [0.1, 0.15) is 5.75 Å². The van der Waals surface area contributed by atoms with Crippen LogP contribution in [-0.4, -0.2) is 19.7 Å². The minimum Gasteiger partial charge on any atom is -0.493 e. The number of methoxy groups -OCH3 is 1. The van der Waals surface area contributed by atoms with Gasteiger partial charge in [-0.1, -0.05) is 39.0 Å². The molecule has 0 radical (unpaired) electrons. The fourth-order valence-corrected chi connectivity index (χ4v) is 1.97. The van der Waals surface area contributed by atoms with Crippen molar-refractivity contribution in [3.05, 3.63) is 29.8 Å². The number of carbonyl (C=O) groups is 1. The van der Waals surface area contributed by atoms with Crippen molar-refractivity contribution in [1.29, 1.82) is 0 Å². The van der Waals surface area contributed by atoms with Crippen molar-refractivity contribution < 1.29 is 14.3 Å². The molecule has 1 atom stereocenters. The molecule has 0 fully saturated rings. The standard InChI is InChI=1S/C15H22O3/c1-5-10-18-13-9-7-6-8-12(13)14(11(2)3)15(16)17-4/h6-9,11,14H,5,10H2,1-4H3. The first-order valence-electron chi connectivity index (χ1n) is 6.41.